The molecule has 0 amide bonds. The summed E-state index contributed by atoms with van der Waals surface area (Å²) in [5.74, 6) is -14.4. The lowest BCUT2D eigenvalue weighted by Crippen LogP contribution is -2.42. The third-order valence-electron chi connectivity index (χ3n) is 22.1. The molecule has 0 saturated carbocycles. The van der Waals surface area contributed by atoms with E-state index in [4.69, 9.17) is 93.5 Å². The number of hydrogen-bond acceptors (Lipinski definition) is 32. The maximum Gasteiger partial charge on any atom is 0.338 e. The van der Waals surface area contributed by atoms with E-state index in [1.165, 1.54) is 109 Å². The molecule has 8 N–H and O–H groups in total. The van der Waals surface area contributed by atoms with Crippen molar-refractivity contribution >= 4 is 162 Å². The van der Waals surface area contributed by atoms with Crippen LogP contribution in [0.25, 0.3) is 0 Å². The number of aromatic nitrogens is 4. The van der Waals surface area contributed by atoms with E-state index in [0.29, 0.717) is 97.1 Å². The van der Waals surface area contributed by atoms with Crippen molar-refractivity contribution in [2.75, 3.05) is 106 Å². The first-order valence-electron chi connectivity index (χ1n) is 41.0. The predicted molar refractivity (Wildman–Crippen MR) is 487 cm³/mol. The third kappa shape index (κ3) is 24.5. The summed E-state index contributed by atoms with van der Waals surface area (Å²) in [4.78, 5) is 93.3. The number of aliphatic hydroxyl groups is 4. The van der Waals surface area contributed by atoms with Gasteiger partial charge in [-0.05, 0) is 62.4 Å². The molecule has 4 fully saturated rings. The second kappa shape index (κ2) is 44.5. The first-order valence-corrected chi connectivity index (χ1v) is 46.8. The van der Waals surface area contributed by atoms with E-state index < -0.39 is 186 Å². The van der Waals surface area contributed by atoms with Crippen molar-refractivity contribution < 1.29 is 102 Å². The number of alkyl halides is 8. The zero-order valence-electron chi connectivity index (χ0n) is 71.0. The van der Waals surface area contributed by atoms with Crippen LogP contribution >= 0.6 is 115 Å². The number of nitrogens with zero attached hydrogens (tertiary/aromatic N) is 12. The number of nitrogens with one attached hydrogen (secondary N) is 4. The first-order chi connectivity index (χ1) is 63.9. The zero-order valence-corrected chi connectivity index (χ0v) is 78.8. The van der Waals surface area contributed by atoms with E-state index in [-0.39, 0.29) is 83.1 Å². The number of aliphatic hydroxyl groups excluding tert-OH is 4. The summed E-state index contributed by atoms with van der Waals surface area (Å²) in [5.41, 5.74) is 3.33. The molecule has 16 rings (SSSR count). The molecule has 0 aliphatic carbocycles. The van der Waals surface area contributed by atoms with Gasteiger partial charge in [-0.15, -0.1) is 45.3 Å². The minimum Gasteiger partial charge on any atom is -0.466 e. The van der Waals surface area contributed by atoms with Crippen LogP contribution in [0.4, 0.5) is 43.9 Å². The number of aliphatic imine (C=N–C) groups is 4. The molecule has 4 aromatic carbocycles. The summed E-state index contributed by atoms with van der Waals surface area (Å²) in [6.07, 6.45) is 4.45. The number of likely N-dealkylation sites (tertiary alicyclic amines) is 4. The van der Waals surface area contributed by atoms with Crippen LogP contribution in [-0.4, -0.2) is 261 Å². The second-order valence-electron chi connectivity index (χ2n) is 31.2. The van der Waals surface area contributed by atoms with Gasteiger partial charge in [-0.1, -0.05) is 93.9 Å². The van der Waals surface area contributed by atoms with E-state index >= 15 is 0 Å². The molecule has 8 aliphatic heterocycles. The van der Waals surface area contributed by atoms with Crippen LogP contribution in [0.15, 0.2) is 184 Å². The van der Waals surface area contributed by atoms with Crippen molar-refractivity contribution in [2.24, 2.45) is 20.0 Å². The van der Waals surface area contributed by atoms with Crippen LogP contribution in [0.3, 0.4) is 0 Å². The molecule has 8 aliphatic rings. The Hall–Kier alpha value is -9.16. The third-order valence-corrected chi connectivity index (χ3v) is 27.0. The summed E-state index contributed by atoms with van der Waals surface area (Å²) < 4.78 is 161. The highest BCUT2D eigenvalue weighted by atomic mass is 35.5. The number of amidine groups is 4. The number of halogens is 16. The minimum absolute atomic E-state index is 0.0471. The van der Waals surface area contributed by atoms with E-state index in [1.54, 1.807) is 90.5 Å². The van der Waals surface area contributed by atoms with Crippen molar-refractivity contribution in [1.82, 2.24) is 60.8 Å². The van der Waals surface area contributed by atoms with Gasteiger partial charge in [0.2, 0.25) is 0 Å². The van der Waals surface area contributed by atoms with E-state index in [1.807, 2.05) is 0 Å². The lowest BCUT2D eigenvalue weighted by Gasteiger charge is -2.31. The molecule has 0 spiro atoms. The van der Waals surface area contributed by atoms with E-state index in [0.717, 1.165) is 12.1 Å². The summed E-state index contributed by atoms with van der Waals surface area (Å²) >= 11 is 42.9. The second-order valence-corrected chi connectivity index (χ2v) is 37.3. The number of carbonyl (C=O) groups excluding carboxylic acids is 4. The number of rotatable bonds is 26. The van der Waals surface area contributed by atoms with Crippen LogP contribution < -0.4 is 21.3 Å². The molecule has 0 bridgehead atoms. The molecule has 4 aromatic heterocycles. The molecule has 28 nitrogen and oxygen atoms in total. The molecule has 0 unspecified atom stereocenters. The quantitative estimate of drug-likeness (QED) is 0.0142. The summed E-state index contributed by atoms with van der Waals surface area (Å²) in [6, 6.07) is 10.3. The molecule has 134 heavy (non-hydrogen) atoms. The fraction of sp³-hybridized carbons (Fsp3) is 0.395. The normalized spacial score (nSPS) is 22.6. The number of hydrogen-bond donors (Lipinski definition) is 8. The van der Waals surface area contributed by atoms with E-state index in [9.17, 15) is 83.5 Å². The van der Waals surface area contributed by atoms with Gasteiger partial charge in [0.25, 0.3) is 23.7 Å². The predicted octanol–water partition coefficient (Wildman–Crippen LogP) is 14.4. The van der Waals surface area contributed by atoms with Crippen molar-refractivity contribution in [3.63, 3.8) is 0 Å². The Balaban J connectivity index is 0.000000152. The highest BCUT2D eigenvalue weighted by Gasteiger charge is 2.51. The summed E-state index contributed by atoms with van der Waals surface area (Å²) in [6.45, 7) is -0.864. The topological polar surface area (TPSA) is 348 Å². The van der Waals surface area contributed by atoms with Crippen molar-refractivity contribution in [2.45, 2.75) is 112 Å². The Morgan fingerprint density at radius 2 is 0.627 bits per heavy atom. The fourth-order valence-corrected chi connectivity index (χ4v) is 20.1. The van der Waals surface area contributed by atoms with Gasteiger partial charge in [-0.3, -0.25) is 39.6 Å². The van der Waals surface area contributed by atoms with Crippen LogP contribution in [0.2, 0.25) is 30.1 Å². The molecular weight excluding hydrogens is 1980 g/mol. The van der Waals surface area contributed by atoms with Crippen molar-refractivity contribution in [1.29, 1.82) is 0 Å². The number of thiazole rings is 4. The van der Waals surface area contributed by atoms with Gasteiger partial charge in [0, 0.05) is 198 Å². The van der Waals surface area contributed by atoms with Crippen LogP contribution in [0, 0.1) is 11.6 Å². The van der Waals surface area contributed by atoms with Gasteiger partial charge >= 0.3 is 23.9 Å². The average Bonchev–Trinajstić information content (AvgIpc) is 1.43. The standard InChI is InChI=1S/C22H22Cl2F2N4O3S.C22H22ClF3N4O3S.C21H20Cl2F2N4O3S.C21H20ClF3N4O3S/c1-2-33-21(32)17-16(9-30-11-22(25,26)8-13(30)10-31)28-19(20-27-5-6-34-20)29-18(17)14-4-3-12(23)7-15(14)24;1-2-33-21(32)17-16(9-30-11-22(25,26)8-13(30)10-31)28-19(20-27-5-6-34-20)29-18(17)14-4-3-12(24)7-15(14)23;1-32-20(31)16-15(8-29-10-21(24,25)7-12(29)9-30)27-18(19-26-4-5-33-19)28-17(16)13-3-2-11(22)6-14(13)23;1-32-20(31)16-15(8-29-10-21(24,25)7-12(29)9-30)27-18(19-26-4-5-33-19)28-17(16)13-3-2-11(23)6-14(13)22/h2*3-7,13,18,31H,2,8-11H2,1H3,(H,28,29);2*2-6,12,17,30H,7-10H2,1H3,(H,27,28)/t2*13-,18-;2*12-,17-/m0000/s1. The number of methoxy groups -OCH3 is 2. The first kappa shape index (κ1) is 102. The highest BCUT2D eigenvalue weighted by molar-refractivity contribution is 7.12. The zero-order chi connectivity index (χ0) is 96.4. The molecule has 4 saturated heterocycles. The molecular formula is C86H84Cl6F10N16O12S4. The Morgan fingerprint density at radius 1 is 0.388 bits per heavy atom. The maximum atomic E-state index is 14.2. The van der Waals surface area contributed by atoms with Crippen LogP contribution in [-0.2, 0) is 38.1 Å². The smallest absolute Gasteiger partial charge is 0.338 e. The lowest BCUT2D eigenvalue weighted by atomic mass is 9.95. The molecule has 0 radical (unpaired) electrons. The molecule has 48 heteroatoms. The molecule has 8 aromatic rings. The van der Waals surface area contributed by atoms with Gasteiger partial charge in [-0.2, -0.15) is 0 Å². The Labute approximate surface area is 805 Å². The SMILES string of the molecule is CCOC(=O)C1=C(CN2CC(F)(F)C[C@H]2CO)NC(c2nccs2)=N[C@H]1c1ccc(Cl)cc1Cl.CCOC(=O)C1=C(CN2CC(F)(F)C[C@H]2CO)NC(c2nccs2)=N[C@H]1c1ccc(F)cc1Cl.COC(=O)C1=C(CN2CC(F)(F)C[C@H]2CO)NC(c2nccs2)=N[C@H]1c1ccc(Cl)cc1Cl.COC(=O)C1=C(CN2CC(F)(F)C[C@H]2CO)NC(c2nccs2)=N[C@H]1c1ccc(F)cc1Cl. The summed E-state index contributed by atoms with van der Waals surface area (Å²) in [5, 5.41) is 61.6. The largest absolute Gasteiger partial charge is 0.466 e. The Kier molecular flexibility index (Phi) is 34.0. The van der Waals surface area contributed by atoms with E-state index in [2.05, 4.69) is 56.2 Å². The molecule has 8 atom stereocenters. The monoisotopic (exact) mass is 2060 g/mol. The fourth-order valence-electron chi connectivity index (χ4n) is 16.2. The van der Waals surface area contributed by atoms with Crippen LogP contribution in [0.5, 0.6) is 0 Å². The number of ether oxygens (including phenoxy) is 4. The number of esters is 4. The van der Waals surface area contributed by atoms with Crippen LogP contribution in [0.1, 0.15) is 106 Å². The maximum absolute atomic E-state index is 14.2. The molecule has 716 valence electrons. The van der Waals surface area contributed by atoms with Gasteiger partial charge in [-0.25, -0.2) is 83.0 Å². The minimum atomic E-state index is -2.97. The van der Waals surface area contributed by atoms with Gasteiger partial charge in [0.1, 0.15) is 35.8 Å². The average molecular weight is 2060 g/mol. The summed E-state index contributed by atoms with van der Waals surface area (Å²) in [7, 11) is 2.42. The molecule has 12 heterocycles. The van der Waals surface area contributed by atoms with Gasteiger partial charge < -0.3 is 60.6 Å². The Bertz CT molecular complexity index is 5520. The van der Waals surface area contributed by atoms with Crippen molar-refractivity contribution in [3.05, 3.63) is 248 Å². The number of benzene rings is 4. The van der Waals surface area contributed by atoms with Gasteiger partial charge in [0.15, 0.2) is 43.4 Å². The number of carbonyl (C=O) groups is 4. The van der Waals surface area contributed by atoms with Gasteiger partial charge in [0.05, 0.1) is 102 Å². The Morgan fingerprint density at radius 3 is 0.836 bits per heavy atom. The lowest BCUT2D eigenvalue weighted by molar-refractivity contribution is -0.139. The highest BCUT2D eigenvalue weighted by Crippen LogP contribution is 2.46. The van der Waals surface area contributed by atoms with Crippen molar-refractivity contribution in [3.8, 4) is 0 Å².